The lowest BCUT2D eigenvalue weighted by molar-refractivity contribution is 0.0180. The number of ether oxygens (including phenoxy) is 1. The molecule has 0 bridgehead atoms. The van der Waals surface area contributed by atoms with Crippen LogP contribution in [0, 0.1) is 5.92 Å². The van der Waals surface area contributed by atoms with E-state index in [4.69, 9.17) is 4.74 Å². The standard InChI is InChI=1S/C22H33N5O3/c1-22(2,3)30-21(29)26-13-9-17(10-14-26)6-4-5-11-24-20(28)25-18-7-8-19-23-12-15-27(19)16-18/h7-8,12,15-17H,4-6,9-11,13-14H2,1-3H3,(H2,24,25,28). The molecule has 2 N–H and O–H groups in total. The molecule has 1 aliphatic rings. The van der Waals surface area contributed by atoms with Crippen LogP contribution in [0.3, 0.4) is 0 Å². The first-order valence-electron chi connectivity index (χ1n) is 10.8. The lowest BCUT2D eigenvalue weighted by Crippen LogP contribution is -2.41. The number of carbonyl (C=O) groups excluding carboxylic acids is 2. The first kappa shape index (κ1) is 21.9. The van der Waals surface area contributed by atoms with Crippen LogP contribution in [0.4, 0.5) is 15.3 Å². The summed E-state index contributed by atoms with van der Waals surface area (Å²) in [4.78, 5) is 30.2. The van der Waals surface area contributed by atoms with Gasteiger partial charge in [0.1, 0.15) is 11.2 Å². The lowest BCUT2D eigenvalue weighted by Gasteiger charge is -2.33. The van der Waals surface area contributed by atoms with Crippen molar-refractivity contribution in [2.45, 2.75) is 58.5 Å². The zero-order valence-corrected chi connectivity index (χ0v) is 18.2. The molecule has 164 valence electrons. The first-order chi connectivity index (χ1) is 14.3. The highest BCUT2D eigenvalue weighted by Crippen LogP contribution is 2.23. The number of amides is 3. The van der Waals surface area contributed by atoms with Gasteiger partial charge in [0.25, 0.3) is 0 Å². The van der Waals surface area contributed by atoms with Crippen molar-refractivity contribution >= 4 is 23.5 Å². The molecule has 2 aromatic rings. The molecule has 3 heterocycles. The SMILES string of the molecule is CC(C)(C)OC(=O)N1CCC(CCCCNC(=O)Nc2ccc3nccn3c2)CC1. The van der Waals surface area contributed by atoms with E-state index >= 15 is 0 Å². The van der Waals surface area contributed by atoms with Gasteiger partial charge < -0.3 is 24.7 Å². The zero-order valence-electron chi connectivity index (χ0n) is 18.2. The number of rotatable bonds is 6. The highest BCUT2D eigenvalue weighted by molar-refractivity contribution is 5.89. The molecule has 0 atom stereocenters. The van der Waals surface area contributed by atoms with Gasteiger partial charge in [-0.3, -0.25) is 0 Å². The predicted molar refractivity (Wildman–Crippen MR) is 117 cm³/mol. The van der Waals surface area contributed by atoms with E-state index in [9.17, 15) is 9.59 Å². The van der Waals surface area contributed by atoms with E-state index in [1.54, 1.807) is 6.20 Å². The Balaban J connectivity index is 1.27. The molecule has 2 aromatic heterocycles. The maximum absolute atomic E-state index is 12.1. The number of nitrogens with zero attached hydrogens (tertiary/aromatic N) is 3. The summed E-state index contributed by atoms with van der Waals surface area (Å²) in [5, 5.41) is 5.76. The normalized spacial score (nSPS) is 15.2. The summed E-state index contributed by atoms with van der Waals surface area (Å²) >= 11 is 0. The Hall–Kier alpha value is -2.77. The predicted octanol–water partition coefficient (Wildman–Crippen LogP) is 4.27. The number of pyridine rings is 1. The number of urea groups is 1. The number of likely N-dealkylation sites (tertiary alicyclic amines) is 1. The molecule has 3 rings (SSSR count). The van der Waals surface area contributed by atoms with E-state index in [0.717, 1.165) is 56.5 Å². The van der Waals surface area contributed by atoms with E-state index in [1.165, 1.54) is 0 Å². The number of hydrogen-bond donors (Lipinski definition) is 2. The molecule has 0 saturated carbocycles. The molecule has 8 heteroatoms. The largest absolute Gasteiger partial charge is 0.444 e. The molecular formula is C22H33N5O3. The number of aromatic nitrogens is 2. The number of imidazole rings is 1. The zero-order chi connectivity index (χ0) is 21.6. The summed E-state index contributed by atoms with van der Waals surface area (Å²) < 4.78 is 7.31. The highest BCUT2D eigenvalue weighted by atomic mass is 16.6. The summed E-state index contributed by atoms with van der Waals surface area (Å²) in [7, 11) is 0. The van der Waals surface area contributed by atoms with E-state index in [0.29, 0.717) is 12.5 Å². The van der Waals surface area contributed by atoms with Crippen LogP contribution in [0.1, 0.15) is 52.9 Å². The van der Waals surface area contributed by atoms with E-state index in [-0.39, 0.29) is 12.1 Å². The van der Waals surface area contributed by atoms with Crippen molar-refractivity contribution < 1.29 is 14.3 Å². The van der Waals surface area contributed by atoms with Crippen LogP contribution >= 0.6 is 0 Å². The van der Waals surface area contributed by atoms with E-state index < -0.39 is 5.60 Å². The van der Waals surface area contributed by atoms with Crippen molar-refractivity contribution in [1.29, 1.82) is 0 Å². The second-order valence-corrected chi connectivity index (χ2v) is 8.90. The Kier molecular flexibility index (Phi) is 7.18. The van der Waals surface area contributed by atoms with Gasteiger partial charge in [0.15, 0.2) is 0 Å². The van der Waals surface area contributed by atoms with Gasteiger partial charge in [-0.1, -0.05) is 12.8 Å². The molecular weight excluding hydrogens is 382 g/mol. The van der Waals surface area contributed by atoms with Crippen LogP contribution in [0.25, 0.3) is 5.65 Å². The summed E-state index contributed by atoms with van der Waals surface area (Å²) in [6, 6.07) is 3.51. The van der Waals surface area contributed by atoms with Crippen molar-refractivity contribution in [1.82, 2.24) is 19.6 Å². The van der Waals surface area contributed by atoms with Crippen LogP contribution in [0.15, 0.2) is 30.7 Å². The first-order valence-corrected chi connectivity index (χ1v) is 10.8. The maximum Gasteiger partial charge on any atom is 0.410 e. The minimum atomic E-state index is -0.445. The van der Waals surface area contributed by atoms with Gasteiger partial charge in [-0.05, 0) is 58.1 Å². The number of unbranched alkanes of at least 4 members (excludes halogenated alkanes) is 1. The molecule has 0 radical (unpaired) electrons. The molecule has 30 heavy (non-hydrogen) atoms. The van der Waals surface area contributed by atoms with E-state index in [1.807, 2.05) is 54.6 Å². The van der Waals surface area contributed by atoms with Gasteiger partial charge in [0.05, 0.1) is 5.69 Å². The third-order valence-corrected chi connectivity index (χ3v) is 5.24. The number of anilines is 1. The van der Waals surface area contributed by atoms with Gasteiger partial charge >= 0.3 is 12.1 Å². The number of hydrogen-bond acceptors (Lipinski definition) is 4. The smallest absolute Gasteiger partial charge is 0.410 e. The summed E-state index contributed by atoms with van der Waals surface area (Å²) in [6.45, 7) is 7.86. The Morgan fingerprint density at radius 3 is 2.70 bits per heavy atom. The molecule has 0 unspecified atom stereocenters. The van der Waals surface area contributed by atoms with Crippen LogP contribution in [-0.4, -0.2) is 51.6 Å². The third kappa shape index (κ3) is 6.64. The Bertz CT molecular complexity index is 850. The number of piperidine rings is 1. The summed E-state index contributed by atoms with van der Waals surface area (Å²) in [6.07, 6.45) is 10.4. The molecule has 1 saturated heterocycles. The van der Waals surface area contributed by atoms with Crippen molar-refractivity contribution in [3.8, 4) is 0 Å². The quantitative estimate of drug-likeness (QED) is 0.690. The van der Waals surface area contributed by atoms with Gasteiger partial charge in [0, 0.05) is 38.2 Å². The van der Waals surface area contributed by atoms with Crippen LogP contribution < -0.4 is 10.6 Å². The molecule has 1 fully saturated rings. The van der Waals surface area contributed by atoms with Gasteiger partial charge in [-0.15, -0.1) is 0 Å². The highest BCUT2D eigenvalue weighted by Gasteiger charge is 2.26. The minimum absolute atomic E-state index is 0.194. The van der Waals surface area contributed by atoms with E-state index in [2.05, 4.69) is 15.6 Å². The van der Waals surface area contributed by atoms with Crippen molar-refractivity contribution in [3.05, 3.63) is 30.7 Å². The Morgan fingerprint density at radius 1 is 1.20 bits per heavy atom. The Morgan fingerprint density at radius 2 is 1.97 bits per heavy atom. The number of nitrogens with one attached hydrogen (secondary N) is 2. The fraction of sp³-hybridized carbons (Fsp3) is 0.591. The van der Waals surface area contributed by atoms with Gasteiger partial charge in [-0.2, -0.15) is 0 Å². The second-order valence-electron chi connectivity index (χ2n) is 8.90. The number of fused-ring (bicyclic) bond motifs is 1. The topological polar surface area (TPSA) is 88.0 Å². The number of carbonyl (C=O) groups is 2. The minimum Gasteiger partial charge on any atom is -0.444 e. The van der Waals surface area contributed by atoms with Crippen LogP contribution in [0.5, 0.6) is 0 Å². The summed E-state index contributed by atoms with van der Waals surface area (Å²) in [5.74, 6) is 0.638. The van der Waals surface area contributed by atoms with Gasteiger partial charge in [-0.25, -0.2) is 14.6 Å². The molecule has 1 aliphatic heterocycles. The van der Waals surface area contributed by atoms with Gasteiger partial charge in [0.2, 0.25) is 0 Å². The molecule has 0 aromatic carbocycles. The summed E-state index contributed by atoms with van der Waals surface area (Å²) in [5.41, 5.74) is 1.13. The Labute approximate surface area is 178 Å². The monoisotopic (exact) mass is 415 g/mol. The molecule has 8 nitrogen and oxygen atoms in total. The fourth-order valence-electron chi connectivity index (χ4n) is 3.66. The van der Waals surface area contributed by atoms with Crippen molar-refractivity contribution in [2.24, 2.45) is 5.92 Å². The maximum atomic E-state index is 12.1. The van der Waals surface area contributed by atoms with Crippen molar-refractivity contribution in [2.75, 3.05) is 25.0 Å². The lowest BCUT2D eigenvalue weighted by atomic mass is 9.92. The average molecular weight is 416 g/mol. The van der Waals surface area contributed by atoms with Crippen LogP contribution in [0.2, 0.25) is 0 Å². The fourth-order valence-corrected chi connectivity index (χ4v) is 3.66. The van der Waals surface area contributed by atoms with Crippen molar-refractivity contribution in [3.63, 3.8) is 0 Å². The second kappa shape index (κ2) is 9.82. The van der Waals surface area contributed by atoms with Crippen LogP contribution in [-0.2, 0) is 4.74 Å². The molecule has 3 amide bonds. The third-order valence-electron chi connectivity index (χ3n) is 5.24. The average Bonchev–Trinajstić information content (AvgIpc) is 3.14. The molecule has 0 spiro atoms. The molecule has 0 aliphatic carbocycles.